The number of hydrogen-bond acceptors (Lipinski definition) is 5. The molecule has 2 aromatic carbocycles. The largest absolute Gasteiger partial charge is 0.495 e. The van der Waals surface area contributed by atoms with Crippen molar-refractivity contribution in [1.29, 1.82) is 0 Å². The molecule has 0 fully saturated rings. The van der Waals surface area contributed by atoms with E-state index < -0.39 is 17.6 Å². The highest BCUT2D eigenvalue weighted by atomic mass is 35.5. The van der Waals surface area contributed by atoms with Crippen LogP contribution >= 0.6 is 22.9 Å². The monoisotopic (exact) mass is 433 g/mol. The van der Waals surface area contributed by atoms with Gasteiger partial charge in [-0.05, 0) is 30.3 Å². The van der Waals surface area contributed by atoms with Gasteiger partial charge in [-0.1, -0.05) is 23.7 Å². The van der Waals surface area contributed by atoms with Crippen LogP contribution in [0.25, 0.3) is 10.6 Å². The molecule has 3 rings (SSSR count). The molecule has 29 heavy (non-hydrogen) atoms. The summed E-state index contributed by atoms with van der Waals surface area (Å²) in [6.45, 7) is -0.193. The van der Waals surface area contributed by atoms with Gasteiger partial charge in [-0.3, -0.25) is 9.59 Å². The smallest absolute Gasteiger partial charge is 0.265 e. The standard InChI is InChI=1S/C20H17ClFN3O3S/c1-25(11-18(26)24-15-9-12(21)7-8-16(15)28-2)20(27)17-10-23-19(29-17)13-5-3-4-6-14(13)22/h3-10H,11H2,1-2H3,(H,24,26). The predicted molar refractivity (Wildman–Crippen MR) is 111 cm³/mol. The minimum Gasteiger partial charge on any atom is -0.495 e. The number of halogens is 2. The van der Waals surface area contributed by atoms with Crippen LogP contribution in [0.4, 0.5) is 10.1 Å². The molecule has 6 nitrogen and oxygen atoms in total. The number of nitrogens with one attached hydrogen (secondary N) is 1. The number of likely N-dealkylation sites (N-methyl/N-ethyl adjacent to an activating group) is 1. The number of carbonyl (C=O) groups excluding carboxylic acids is 2. The lowest BCUT2D eigenvalue weighted by molar-refractivity contribution is -0.116. The summed E-state index contributed by atoms with van der Waals surface area (Å²) in [6.07, 6.45) is 1.38. The van der Waals surface area contributed by atoms with Crippen LogP contribution in [-0.4, -0.2) is 42.4 Å². The fourth-order valence-corrected chi connectivity index (χ4v) is 3.68. The maximum atomic E-state index is 13.9. The van der Waals surface area contributed by atoms with Crippen LogP contribution in [0.15, 0.2) is 48.7 Å². The summed E-state index contributed by atoms with van der Waals surface area (Å²) < 4.78 is 19.1. The number of anilines is 1. The van der Waals surface area contributed by atoms with E-state index in [0.29, 0.717) is 31.9 Å². The average Bonchev–Trinajstić information content (AvgIpc) is 3.17. The summed E-state index contributed by atoms with van der Waals surface area (Å²) in [5, 5.41) is 3.51. The van der Waals surface area contributed by atoms with Crippen LogP contribution in [0.3, 0.4) is 0 Å². The number of rotatable bonds is 6. The van der Waals surface area contributed by atoms with Gasteiger partial charge in [-0.2, -0.15) is 0 Å². The third-order valence-electron chi connectivity index (χ3n) is 3.98. The molecule has 150 valence electrons. The molecule has 0 atom stereocenters. The molecule has 1 heterocycles. The van der Waals surface area contributed by atoms with Gasteiger partial charge in [0.05, 0.1) is 25.5 Å². The molecule has 0 aliphatic rings. The third-order valence-corrected chi connectivity index (χ3v) is 5.24. The number of ether oxygens (including phenoxy) is 1. The Morgan fingerprint density at radius 1 is 1.28 bits per heavy atom. The Morgan fingerprint density at radius 2 is 2.03 bits per heavy atom. The summed E-state index contributed by atoms with van der Waals surface area (Å²) >= 11 is 7.02. The molecule has 2 amide bonds. The highest BCUT2D eigenvalue weighted by Crippen LogP contribution is 2.29. The molecule has 0 aliphatic heterocycles. The average molecular weight is 434 g/mol. The Morgan fingerprint density at radius 3 is 2.76 bits per heavy atom. The Hall–Kier alpha value is -2.97. The predicted octanol–water partition coefficient (Wildman–Crippen LogP) is 4.32. The van der Waals surface area contributed by atoms with Crippen molar-refractivity contribution in [3.63, 3.8) is 0 Å². The van der Waals surface area contributed by atoms with Gasteiger partial charge in [-0.15, -0.1) is 11.3 Å². The van der Waals surface area contributed by atoms with Crippen LogP contribution in [0.1, 0.15) is 9.67 Å². The first-order valence-electron chi connectivity index (χ1n) is 8.48. The van der Waals surface area contributed by atoms with E-state index in [2.05, 4.69) is 10.3 Å². The van der Waals surface area contributed by atoms with E-state index in [-0.39, 0.29) is 6.54 Å². The van der Waals surface area contributed by atoms with Crippen LogP contribution in [0, 0.1) is 5.82 Å². The topological polar surface area (TPSA) is 71.5 Å². The number of hydrogen-bond donors (Lipinski definition) is 1. The summed E-state index contributed by atoms with van der Waals surface area (Å²) in [6, 6.07) is 11.0. The first-order valence-corrected chi connectivity index (χ1v) is 9.68. The van der Waals surface area contributed by atoms with Gasteiger partial charge in [0.15, 0.2) is 0 Å². The molecule has 0 bridgehead atoms. The second-order valence-electron chi connectivity index (χ2n) is 6.06. The van der Waals surface area contributed by atoms with Gasteiger partial charge in [0, 0.05) is 17.6 Å². The summed E-state index contributed by atoms with van der Waals surface area (Å²) in [4.78, 5) is 30.6. The van der Waals surface area contributed by atoms with Crippen LogP contribution in [0.5, 0.6) is 5.75 Å². The highest BCUT2D eigenvalue weighted by molar-refractivity contribution is 7.16. The zero-order chi connectivity index (χ0) is 21.0. The molecule has 0 unspecified atom stereocenters. The van der Waals surface area contributed by atoms with Crippen molar-refractivity contribution < 1.29 is 18.7 Å². The molecule has 0 saturated heterocycles. The van der Waals surface area contributed by atoms with Gasteiger partial charge >= 0.3 is 0 Å². The molecule has 3 aromatic rings. The zero-order valence-electron chi connectivity index (χ0n) is 15.6. The molecule has 0 aliphatic carbocycles. The Labute approximate surface area is 175 Å². The third kappa shape index (κ3) is 4.90. The number of thiazole rings is 1. The van der Waals surface area contributed by atoms with Crippen molar-refractivity contribution in [3.8, 4) is 16.3 Å². The molecule has 9 heteroatoms. The van der Waals surface area contributed by atoms with Gasteiger partial charge in [0.25, 0.3) is 5.91 Å². The molecule has 1 N–H and O–H groups in total. The Kier molecular flexibility index (Phi) is 6.46. The van der Waals surface area contributed by atoms with E-state index in [1.807, 2.05) is 0 Å². The second kappa shape index (κ2) is 9.02. The SMILES string of the molecule is COc1ccc(Cl)cc1NC(=O)CN(C)C(=O)c1cnc(-c2ccccc2F)s1. The zero-order valence-corrected chi connectivity index (χ0v) is 17.2. The lowest BCUT2D eigenvalue weighted by Crippen LogP contribution is -2.34. The van der Waals surface area contributed by atoms with Gasteiger partial charge in [0.1, 0.15) is 21.5 Å². The Balaban J connectivity index is 1.67. The first kappa shape index (κ1) is 20.8. The van der Waals surface area contributed by atoms with E-state index in [1.54, 1.807) is 36.4 Å². The minimum absolute atomic E-state index is 0.193. The number of amides is 2. The minimum atomic E-state index is -0.416. The number of benzene rings is 2. The van der Waals surface area contributed by atoms with Crippen molar-refractivity contribution in [2.24, 2.45) is 0 Å². The van der Waals surface area contributed by atoms with Crippen molar-refractivity contribution in [2.45, 2.75) is 0 Å². The van der Waals surface area contributed by atoms with E-state index in [9.17, 15) is 14.0 Å². The normalized spacial score (nSPS) is 10.5. The summed E-state index contributed by atoms with van der Waals surface area (Å²) in [5.41, 5.74) is 0.732. The quantitative estimate of drug-likeness (QED) is 0.628. The van der Waals surface area contributed by atoms with E-state index in [4.69, 9.17) is 16.3 Å². The fraction of sp³-hybridized carbons (Fsp3) is 0.150. The number of aromatic nitrogens is 1. The maximum Gasteiger partial charge on any atom is 0.265 e. The van der Waals surface area contributed by atoms with E-state index in [0.717, 1.165) is 11.3 Å². The first-order chi connectivity index (χ1) is 13.9. The summed E-state index contributed by atoms with van der Waals surface area (Å²) in [7, 11) is 2.98. The van der Waals surface area contributed by atoms with Gasteiger partial charge in [0.2, 0.25) is 5.91 Å². The molecule has 1 aromatic heterocycles. The van der Waals surface area contributed by atoms with E-state index >= 15 is 0 Å². The molecule has 0 radical (unpaired) electrons. The number of nitrogens with zero attached hydrogens (tertiary/aromatic N) is 2. The van der Waals surface area contributed by atoms with Crippen molar-refractivity contribution in [3.05, 3.63) is 64.4 Å². The Bertz CT molecular complexity index is 1060. The fourth-order valence-electron chi connectivity index (χ4n) is 2.58. The van der Waals surface area contributed by atoms with Gasteiger partial charge in [-0.25, -0.2) is 9.37 Å². The van der Waals surface area contributed by atoms with Crippen LogP contribution < -0.4 is 10.1 Å². The molecule has 0 saturated carbocycles. The van der Waals surface area contributed by atoms with Crippen molar-refractivity contribution >= 4 is 40.4 Å². The highest BCUT2D eigenvalue weighted by Gasteiger charge is 2.20. The second-order valence-corrected chi connectivity index (χ2v) is 7.53. The van der Waals surface area contributed by atoms with Crippen LogP contribution in [0.2, 0.25) is 5.02 Å². The van der Waals surface area contributed by atoms with E-state index in [1.165, 1.54) is 31.3 Å². The number of methoxy groups -OCH3 is 1. The molecular formula is C20H17ClFN3O3S. The van der Waals surface area contributed by atoms with Crippen molar-refractivity contribution in [2.75, 3.05) is 26.0 Å². The van der Waals surface area contributed by atoms with Crippen LogP contribution in [-0.2, 0) is 4.79 Å². The summed E-state index contributed by atoms with van der Waals surface area (Å²) in [5.74, 6) is -0.767. The molecular weight excluding hydrogens is 417 g/mol. The number of carbonyl (C=O) groups is 2. The van der Waals surface area contributed by atoms with Gasteiger partial charge < -0.3 is 15.0 Å². The lowest BCUT2D eigenvalue weighted by atomic mass is 10.2. The molecule has 0 spiro atoms. The van der Waals surface area contributed by atoms with Crippen molar-refractivity contribution in [1.82, 2.24) is 9.88 Å². The maximum absolute atomic E-state index is 13.9. The lowest BCUT2D eigenvalue weighted by Gasteiger charge is -2.16.